The predicted octanol–water partition coefficient (Wildman–Crippen LogP) is 1.30. The molecule has 0 rings (SSSR count). The molecule has 6 heteroatoms. The first kappa shape index (κ1) is 18.4. The molecule has 0 heterocycles. The number of rotatable bonds is 10. The van der Waals surface area contributed by atoms with Crippen LogP contribution in [0.5, 0.6) is 0 Å². The second-order valence-electron chi connectivity index (χ2n) is 4.97. The van der Waals surface area contributed by atoms with Crippen molar-refractivity contribution in [3.05, 3.63) is 0 Å². The van der Waals surface area contributed by atoms with E-state index >= 15 is 0 Å². The Kier molecular flexibility index (Phi) is 9.41. The number of amides is 2. The van der Waals surface area contributed by atoms with Gasteiger partial charge in [0, 0.05) is 19.4 Å². The van der Waals surface area contributed by atoms with Gasteiger partial charge in [0.05, 0.1) is 0 Å². The number of carbonyl (C=O) groups excluding carboxylic acids is 2. The minimum absolute atomic E-state index is 0.0728. The molecule has 6 nitrogen and oxygen atoms in total. The molecule has 0 aliphatic carbocycles. The summed E-state index contributed by atoms with van der Waals surface area (Å²) in [6.07, 6.45) is 2.43. The third-order valence-electron chi connectivity index (χ3n) is 3.18. The van der Waals surface area contributed by atoms with Gasteiger partial charge in [-0.05, 0) is 18.8 Å². The Balaban J connectivity index is 4.03. The van der Waals surface area contributed by atoms with Crippen molar-refractivity contribution in [3.8, 4) is 0 Å². The van der Waals surface area contributed by atoms with Gasteiger partial charge in [-0.2, -0.15) is 0 Å². The highest BCUT2D eigenvalue weighted by Gasteiger charge is 2.24. The van der Waals surface area contributed by atoms with Gasteiger partial charge in [0.1, 0.15) is 6.04 Å². The molecule has 20 heavy (non-hydrogen) atoms. The van der Waals surface area contributed by atoms with E-state index in [4.69, 9.17) is 5.11 Å². The van der Waals surface area contributed by atoms with Gasteiger partial charge in [-0.25, -0.2) is 4.79 Å². The van der Waals surface area contributed by atoms with E-state index in [2.05, 4.69) is 10.6 Å². The Hall–Kier alpha value is -1.59. The van der Waals surface area contributed by atoms with Crippen LogP contribution < -0.4 is 10.6 Å². The van der Waals surface area contributed by atoms with Gasteiger partial charge in [-0.15, -0.1) is 0 Å². The highest BCUT2D eigenvalue weighted by atomic mass is 16.4. The lowest BCUT2D eigenvalue weighted by Crippen LogP contribution is -2.45. The summed E-state index contributed by atoms with van der Waals surface area (Å²) in [5.41, 5.74) is 0. The molecule has 2 amide bonds. The van der Waals surface area contributed by atoms with E-state index in [-0.39, 0.29) is 30.6 Å². The van der Waals surface area contributed by atoms with Gasteiger partial charge in [0.25, 0.3) is 0 Å². The van der Waals surface area contributed by atoms with Crippen molar-refractivity contribution in [3.63, 3.8) is 0 Å². The Morgan fingerprint density at radius 2 is 1.70 bits per heavy atom. The van der Waals surface area contributed by atoms with Crippen molar-refractivity contribution in [2.75, 3.05) is 6.54 Å². The monoisotopic (exact) mass is 286 g/mol. The zero-order chi connectivity index (χ0) is 15.5. The largest absolute Gasteiger partial charge is 0.480 e. The second-order valence-corrected chi connectivity index (χ2v) is 4.97. The van der Waals surface area contributed by atoms with Crippen molar-refractivity contribution >= 4 is 17.8 Å². The van der Waals surface area contributed by atoms with Crippen molar-refractivity contribution in [1.82, 2.24) is 10.6 Å². The molecule has 0 aromatic rings. The molecular formula is C14H26N2O4. The summed E-state index contributed by atoms with van der Waals surface area (Å²) in [4.78, 5) is 34.1. The van der Waals surface area contributed by atoms with Crippen LogP contribution in [0, 0.1) is 5.92 Å². The first-order valence-electron chi connectivity index (χ1n) is 7.21. The van der Waals surface area contributed by atoms with Gasteiger partial charge in [0.2, 0.25) is 11.8 Å². The summed E-state index contributed by atoms with van der Waals surface area (Å²) >= 11 is 0. The standard InChI is InChI=1S/C14H26N2O4/c1-4-9-15-11(17)7-6-8-12(18)16-13(14(19)20)10(3)5-2/h10,13H,4-9H2,1-3H3,(H,15,17)(H,16,18)(H,19,20)/t10-,13-/m0/s1. The van der Waals surface area contributed by atoms with Crippen LogP contribution in [0.15, 0.2) is 0 Å². The first-order valence-corrected chi connectivity index (χ1v) is 7.21. The number of carbonyl (C=O) groups is 3. The van der Waals surface area contributed by atoms with Crippen LogP contribution in [0.2, 0.25) is 0 Å². The van der Waals surface area contributed by atoms with E-state index in [1.165, 1.54) is 0 Å². The summed E-state index contributed by atoms with van der Waals surface area (Å²) in [5.74, 6) is -1.53. The molecular weight excluding hydrogens is 260 g/mol. The zero-order valence-electron chi connectivity index (χ0n) is 12.6. The molecule has 0 bridgehead atoms. The molecule has 0 saturated heterocycles. The summed E-state index contributed by atoms with van der Waals surface area (Å²) in [6.45, 7) is 6.27. The molecule has 2 atom stereocenters. The SMILES string of the molecule is CCCNC(=O)CCCC(=O)N[C@H](C(=O)O)[C@@H](C)CC. The number of aliphatic carboxylic acids is 1. The van der Waals surface area contributed by atoms with E-state index in [0.29, 0.717) is 19.4 Å². The number of carboxylic acids is 1. The lowest BCUT2D eigenvalue weighted by atomic mass is 9.99. The molecule has 0 aromatic carbocycles. The second kappa shape index (κ2) is 10.2. The zero-order valence-corrected chi connectivity index (χ0v) is 12.6. The smallest absolute Gasteiger partial charge is 0.326 e. The highest BCUT2D eigenvalue weighted by Crippen LogP contribution is 2.08. The number of hydrogen-bond donors (Lipinski definition) is 3. The minimum atomic E-state index is -1.02. The molecule has 3 N–H and O–H groups in total. The van der Waals surface area contributed by atoms with Gasteiger partial charge in [-0.1, -0.05) is 27.2 Å². The van der Waals surface area contributed by atoms with Crippen LogP contribution >= 0.6 is 0 Å². The third kappa shape index (κ3) is 7.76. The lowest BCUT2D eigenvalue weighted by Gasteiger charge is -2.20. The predicted molar refractivity (Wildman–Crippen MR) is 76.2 cm³/mol. The van der Waals surface area contributed by atoms with Crippen molar-refractivity contribution < 1.29 is 19.5 Å². The summed E-state index contributed by atoms with van der Waals surface area (Å²) in [7, 11) is 0. The summed E-state index contributed by atoms with van der Waals surface area (Å²) in [5, 5.41) is 14.3. The lowest BCUT2D eigenvalue weighted by molar-refractivity contribution is -0.143. The van der Waals surface area contributed by atoms with E-state index in [9.17, 15) is 14.4 Å². The number of hydrogen-bond acceptors (Lipinski definition) is 3. The van der Waals surface area contributed by atoms with Crippen molar-refractivity contribution in [2.45, 2.75) is 58.9 Å². The fourth-order valence-electron chi connectivity index (χ4n) is 1.69. The van der Waals surface area contributed by atoms with Crippen LogP contribution in [0.3, 0.4) is 0 Å². The molecule has 0 aliphatic rings. The first-order chi connectivity index (χ1) is 9.42. The Morgan fingerprint density at radius 1 is 1.10 bits per heavy atom. The molecule has 0 spiro atoms. The van der Waals surface area contributed by atoms with Crippen LogP contribution in [-0.4, -0.2) is 35.5 Å². The van der Waals surface area contributed by atoms with E-state index in [1.807, 2.05) is 13.8 Å². The molecule has 0 unspecified atom stereocenters. The minimum Gasteiger partial charge on any atom is -0.480 e. The summed E-state index contributed by atoms with van der Waals surface area (Å²) in [6, 6.07) is -0.860. The normalized spacial score (nSPS) is 13.3. The number of carboxylic acid groups (broad SMARTS) is 1. The van der Waals surface area contributed by atoms with Crippen LogP contribution in [0.4, 0.5) is 0 Å². The van der Waals surface area contributed by atoms with E-state index in [0.717, 1.165) is 6.42 Å². The van der Waals surface area contributed by atoms with Crippen LogP contribution in [0.25, 0.3) is 0 Å². The quantitative estimate of drug-likeness (QED) is 0.564. The molecule has 0 aromatic heterocycles. The maximum Gasteiger partial charge on any atom is 0.326 e. The molecule has 0 saturated carbocycles. The number of nitrogens with one attached hydrogen (secondary N) is 2. The van der Waals surface area contributed by atoms with E-state index in [1.54, 1.807) is 6.92 Å². The van der Waals surface area contributed by atoms with Crippen LogP contribution in [-0.2, 0) is 14.4 Å². The molecule has 116 valence electrons. The average Bonchev–Trinajstić information content (AvgIpc) is 2.41. The molecule has 0 fully saturated rings. The van der Waals surface area contributed by atoms with Crippen LogP contribution in [0.1, 0.15) is 52.9 Å². The summed E-state index contributed by atoms with van der Waals surface area (Å²) < 4.78 is 0. The Morgan fingerprint density at radius 3 is 2.20 bits per heavy atom. The Bertz CT molecular complexity index is 331. The fourth-order valence-corrected chi connectivity index (χ4v) is 1.69. The maximum absolute atomic E-state index is 11.7. The topological polar surface area (TPSA) is 95.5 Å². The Labute approximate surface area is 120 Å². The maximum atomic E-state index is 11.7. The van der Waals surface area contributed by atoms with Gasteiger partial charge in [0.15, 0.2) is 0 Å². The third-order valence-corrected chi connectivity index (χ3v) is 3.18. The molecule has 0 radical (unpaired) electrons. The average molecular weight is 286 g/mol. The van der Waals surface area contributed by atoms with Crippen molar-refractivity contribution in [1.29, 1.82) is 0 Å². The van der Waals surface area contributed by atoms with E-state index < -0.39 is 12.0 Å². The molecule has 0 aliphatic heterocycles. The van der Waals surface area contributed by atoms with Gasteiger partial charge < -0.3 is 15.7 Å². The van der Waals surface area contributed by atoms with Gasteiger partial charge in [-0.3, -0.25) is 9.59 Å². The highest BCUT2D eigenvalue weighted by molar-refractivity contribution is 5.84. The fraction of sp³-hybridized carbons (Fsp3) is 0.786. The van der Waals surface area contributed by atoms with Gasteiger partial charge >= 0.3 is 5.97 Å². The van der Waals surface area contributed by atoms with Crippen molar-refractivity contribution in [2.24, 2.45) is 5.92 Å².